The summed E-state index contributed by atoms with van der Waals surface area (Å²) in [6, 6.07) is 0.493. The van der Waals surface area contributed by atoms with Crippen LogP contribution in [0, 0.1) is 11.8 Å². The second kappa shape index (κ2) is 6.49. The zero-order chi connectivity index (χ0) is 14.0. The predicted octanol–water partition coefficient (Wildman–Crippen LogP) is 2.71. The Morgan fingerprint density at radius 1 is 1.26 bits per heavy atom. The molecule has 1 N–H and O–H groups in total. The number of hydrogen-bond acceptors (Lipinski definition) is 3. The molecule has 0 spiro atoms. The number of carbonyl (C=O) groups is 1. The van der Waals surface area contributed by atoms with Gasteiger partial charge in [-0.25, -0.2) is 0 Å². The molecule has 0 bridgehead atoms. The zero-order valence-electron chi connectivity index (χ0n) is 12.7. The van der Waals surface area contributed by atoms with E-state index in [1.54, 1.807) is 0 Å². The Balaban J connectivity index is 2.12. The van der Waals surface area contributed by atoms with Gasteiger partial charge in [-0.05, 0) is 42.6 Å². The molecule has 4 heteroatoms. The molecule has 0 aromatic heterocycles. The molecule has 2 aliphatic heterocycles. The van der Waals surface area contributed by atoms with Crippen LogP contribution in [0.25, 0.3) is 0 Å². The molecule has 110 valence electrons. The second-order valence-electron chi connectivity index (χ2n) is 6.62. The first kappa shape index (κ1) is 15.2. The molecule has 3 nitrogen and oxygen atoms in total. The molecule has 0 aliphatic carbocycles. The lowest BCUT2D eigenvalue weighted by Crippen LogP contribution is -2.46. The minimum absolute atomic E-state index is 0.0262. The molecular weight excluding hydrogens is 256 g/mol. The molecular formula is C15H28N2OS. The second-order valence-corrected chi connectivity index (χ2v) is 7.85. The van der Waals surface area contributed by atoms with Gasteiger partial charge in [-0.2, -0.15) is 11.8 Å². The normalized spacial score (nSPS) is 29.8. The summed E-state index contributed by atoms with van der Waals surface area (Å²) in [5.41, 5.74) is 0. The highest BCUT2D eigenvalue weighted by Crippen LogP contribution is 2.29. The Morgan fingerprint density at radius 2 is 1.89 bits per heavy atom. The Morgan fingerprint density at radius 3 is 2.42 bits per heavy atom. The SMILES string of the molecule is CC(C)CC1NC(C(C)C)C(=O)N1C1CCSCC1. The van der Waals surface area contributed by atoms with Crippen molar-refractivity contribution in [2.45, 2.75) is 65.2 Å². The highest BCUT2D eigenvalue weighted by Gasteiger charge is 2.43. The standard InChI is InChI=1S/C15H28N2OS/c1-10(2)9-13-16-14(11(3)4)15(18)17(13)12-5-7-19-8-6-12/h10-14,16H,5-9H2,1-4H3. The lowest BCUT2D eigenvalue weighted by Gasteiger charge is -2.35. The maximum absolute atomic E-state index is 12.7. The monoisotopic (exact) mass is 284 g/mol. The van der Waals surface area contributed by atoms with Crippen molar-refractivity contribution in [1.29, 1.82) is 0 Å². The van der Waals surface area contributed by atoms with Gasteiger partial charge >= 0.3 is 0 Å². The van der Waals surface area contributed by atoms with Crippen molar-refractivity contribution in [3.8, 4) is 0 Å². The molecule has 2 saturated heterocycles. The third kappa shape index (κ3) is 3.46. The molecule has 0 saturated carbocycles. The van der Waals surface area contributed by atoms with E-state index in [1.807, 2.05) is 11.8 Å². The van der Waals surface area contributed by atoms with Crippen LogP contribution in [-0.2, 0) is 4.79 Å². The quantitative estimate of drug-likeness (QED) is 0.861. The fraction of sp³-hybridized carbons (Fsp3) is 0.933. The first-order valence-corrected chi connectivity index (χ1v) is 8.82. The molecule has 2 unspecified atom stereocenters. The third-order valence-electron chi connectivity index (χ3n) is 4.17. The number of nitrogens with one attached hydrogen (secondary N) is 1. The number of rotatable bonds is 4. The smallest absolute Gasteiger partial charge is 0.241 e. The van der Waals surface area contributed by atoms with Crippen molar-refractivity contribution >= 4 is 17.7 Å². The Kier molecular flexibility index (Phi) is 5.18. The van der Waals surface area contributed by atoms with Crippen LogP contribution >= 0.6 is 11.8 Å². The topological polar surface area (TPSA) is 32.3 Å². The van der Waals surface area contributed by atoms with Crippen LogP contribution < -0.4 is 5.32 Å². The van der Waals surface area contributed by atoms with Crippen LogP contribution in [0.3, 0.4) is 0 Å². The van der Waals surface area contributed by atoms with Gasteiger partial charge in [0.25, 0.3) is 0 Å². The largest absolute Gasteiger partial charge is 0.323 e. The van der Waals surface area contributed by atoms with E-state index in [1.165, 1.54) is 11.5 Å². The highest BCUT2D eigenvalue weighted by atomic mass is 32.2. The molecule has 2 atom stereocenters. The van der Waals surface area contributed by atoms with Gasteiger partial charge in [-0.15, -0.1) is 0 Å². The number of nitrogens with zero attached hydrogens (tertiary/aromatic N) is 1. The molecule has 2 aliphatic rings. The third-order valence-corrected chi connectivity index (χ3v) is 5.22. The lowest BCUT2D eigenvalue weighted by molar-refractivity contribution is -0.133. The lowest BCUT2D eigenvalue weighted by atomic mass is 10.0. The number of carbonyl (C=O) groups excluding carboxylic acids is 1. The summed E-state index contributed by atoms with van der Waals surface area (Å²) in [5.74, 6) is 3.75. The summed E-state index contributed by atoms with van der Waals surface area (Å²) >= 11 is 2.02. The fourth-order valence-electron chi connectivity index (χ4n) is 3.18. The van der Waals surface area contributed by atoms with Crippen molar-refractivity contribution in [3.05, 3.63) is 0 Å². The van der Waals surface area contributed by atoms with Crippen molar-refractivity contribution in [2.75, 3.05) is 11.5 Å². The molecule has 0 aromatic rings. The number of hydrogen-bond donors (Lipinski definition) is 1. The van der Waals surface area contributed by atoms with Crippen LogP contribution in [0.15, 0.2) is 0 Å². The summed E-state index contributed by atoms with van der Waals surface area (Å²) in [5, 5.41) is 3.59. The number of thioether (sulfide) groups is 1. The summed E-state index contributed by atoms with van der Waals surface area (Å²) in [4.78, 5) is 14.9. The summed E-state index contributed by atoms with van der Waals surface area (Å²) < 4.78 is 0. The van der Waals surface area contributed by atoms with Crippen LogP contribution in [-0.4, -0.2) is 40.6 Å². The van der Waals surface area contributed by atoms with Gasteiger partial charge in [0.2, 0.25) is 5.91 Å². The van der Waals surface area contributed by atoms with E-state index in [0.717, 1.165) is 19.3 Å². The van der Waals surface area contributed by atoms with Crippen LogP contribution in [0.1, 0.15) is 47.0 Å². The summed E-state index contributed by atoms with van der Waals surface area (Å²) in [7, 11) is 0. The number of amides is 1. The van der Waals surface area contributed by atoms with E-state index in [0.29, 0.717) is 23.8 Å². The van der Waals surface area contributed by atoms with Crippen molar-refractivity contribution < 1.29 is 4.79 Å². The van der Waals surface area contributed by atoms with E-state index >= 15 is 0 Å². The summed E-state index contributed by atoms with van der Waals surface area (Å²) in [6.07, 6.45) is 3.65. The van der Waals surface area contributed by atoms with E-state index in [9.17, 15) is 4.79 Å². The first-order valence-electron chi connectivity index (χ1n) is 7.66. The van der Waals surface area contributed by atoms with Crippen LogP contribution in [0.5, 0.6) is 0 Å². The molecule has 0 aromatic carbocycles. The molecule has 2 heterocycles. The van der Waals surface area contributed by atoms with Crippen LogP contribution in [0.2, 0.25) is 0 Å². The van der Waals surface area contributed by atoms with Crippen molar-refractivity contribution in [2.24, 2.45) is 11.8 Å². The van der Waals surface area contributed by atoms with E-state index < -0.39 is 0 Å². The average Bonchev–Trinajstić information content (AvgIpc) is 2.66. The molecule has 0 radical (unpaired) electrons. The van der Waals surface area contributed by atoms with Crippen LogP contribution in [0.4, 0.5) is 0 Å². The minimum Gasteiger partial charge on any atom is -0.323 e. The highest BCUT2D eigenvalue weighted by molar-refractivity contribution is 7.99. The van der Waals surface area contributed by atoms with Gasteiger partial charge < -0.3 is 4.90 Å². The molecule has 1 amide bonds. The summed E-state index contributed by atoms with van der Waals surface area (Å²) in [6.45, 7) is 8.76. The van der Waals surface area contributed by atoms with Gasteiger partial charge in [-0.1, -0.05) is 27.7 Å². The fourth-order valence-corrected chi connectivity index (χ4v) is 4.26. The van der Waals surface area contributed by atoms with E-state index in [-0.39, 0.29) is 12.2 Å². The van der Waals surface area contributed by atoms with Crippen molar-refractivity contribution in [1.82, 2.24) is 10.2 Å². The maximum Gasteiger partial charge on any atom is 0.241 e. The van der Waals surface area contributed by atoms with Gasteiger partial charge in [0.05, 0.1) is 12.2 Å². The van der Waals surface area contributed by atoms with E-state index in [4.69, 9.17) is 0 Å². The maximum atomic E-state index is 12.7. The zero-order valence-corrected chi connectivity index (χ0v) is 13.5. The Bertz CT molecular complexity index is 313. The molecule has 19 heavy (non-hydrogen) atoms. The Hall–Kier alpha value is -0.220. The first-order chi connectivity index (χ1) is 9.00. The van der Waals surface area contributed by atoms with Gasteiger partial charge in [0.15, 0.2) is 0 Å². The van der Waals surface area contributed by atoms with Gasteiger partial charge in [0.1, 0.15) is 0 Å². The van der Waals surface area contributed by atoms with Crippen molar-refractivity contribution in [3.63, 3.8) is 0 Å². The molecule has 2 fully saturated rings. The average molecular weight is 284 g/mol. The molecule has 2 rings (SSSR count). The van der Waals surface area contributed by atoms with E-state index in [2.05, 4.69) is 37.9 Å². The van der Waals surface area contributed by atoms with Gasteiger partial charge in [-0.3, -0.25) is 10.1 Å². The Labute approximate surface area is 121 Å². The minimum atomic E-state index is 0.0262. The van der Waals surface area contributed by atoms with Gasteiger partial charge in [0, 0.05) is 6.04 Å². The predicted molar refractivity (Wildman–Crippen MR) is 82.2 cm³/mol.